The van der Waals surface area contributed by atoms with Gasteiger partial charge in [-0.05, 0) is 139 Å². The molecule has 12 atom stereocenters. The number of likely N-dealkylation sites (N-methyl/N-ethyl adjacent to an activating group) is 2. The predicted molar refractivity (Wildman–Crippen MR) is 349 cm³/mol. The molecule has 0 aromatic heterocycles. The third-order valence-electron chi connectivity index (χ3n) is 18.7. The topological polar surface area (TPSA) is 235 Å². The second-order valence-corrected chi connectivity index (χ2v) is 31.6. The van der Waals surface area contributed by atoms with Crippen molar-refractivity contribution in [1.82, 2.24) is 40.9 Å². The molecule has 498 valence electrons. The minimum Gasteiger partial charge on any atom is -0.444 e. The van der Waals surface area contributed by atoms with E-state index in [9.17, 15) is 38.4 Å². The summed E-state index contributed by atoms with van der Waals surface area (Å²) < 4.78 is 24.2. The molecule has 22 heteroatoms. The van der Waals surface area contributed by atoms with Crippen LogP contribution in [0.2, 0.25) is 0 Å². The van der Waals surface area contributed by atoms with Crippen LogP contribution in [-0.2, 0) is 60.6 Å². The number of unbranched alkanes of at least 4 members (excludes halogenated alkanes) is 7. The summed E-state index contributed by atoms with van der Waals surface area (Å²) in [6.07, 6.45) is 9.72. The molecule has 8 amide bonds. The highest BCUT2D eigenvalue weighted by atomic mass is 32.2. The zero-order valence-corrected chi connectivity index (χ0v) is 57.4. The first-order valence-electron chi connectivity index (χ1n) is 32.8. The first-order chi connectivity index (χ1) is 42.4. The van der Waals surface area contributed by atoms with E-state index in [2.05, 4.69) is 33.4 Å². The summed E-state index contributed by atoms with van der Waals surface area (Å²) in [4.78, 5) is 117. The van der Waals surface area contributed by atoms with Crippen LogP contribution in [-0.4, -0.2) is 176 Å². The van der Waals surface area contributed by atoms with Gasteiger partial charge in [0, 0.05) is 40.2 Å². The lowest BCUT2D eigenvalue weighted by Gasteiger charge is -2.35. The second kappa shape index (κ2) is 29.6. The fourth-order valence-electron chi connectivity index (χ4n) is 13.6. The fourth-order valence-corrected chi connectivity index (χ4v) is 16.7. The molecule has 4 fully saturated rings. The fraction of sp³-hybridized carbons (Fsp3) is 0.706. The Hall–Kier alpha value is -5.58. The summed E-state index contributed by atoms with van der Waals surface area (Å²) in [5.74, 6) is -0.797. The Balaban J connectivity index is 0.769. The zero-order valence-electron chi connectivity index (χ0n) is 55.8. The predicted octanol–water partition coefficient (Wildman–Crippen LogP) is 9.37. The van der Waals surface area contributed by atoms with Crippen molar-refractivity contribution in [2.75, 3.05) is 38.8 Å². The van der Waals surface area contributed by atoms with E-state index in [1.165, 1.54) is 23.9 Å². The monoisotopic (exact) mass is 1290 g/mol. The molecule has 4 aliphatic heterocycles. The molecule has 2 aromatic rings. The quantitative estimate of drug-likeness (QED) is 0.0760. The van der Waals surface area contributed by atoms with Gasteiger partial charge in [-0.3, -0.25) is 38.6 Å². The Kier molecular flexibility index (Phi) is 23.1. The number of benzene rings is 2. The lowest BCUT2D eigenvalue weighted by molar-refractivity contribution is -0.144. The Morgan fingerprint density at radius 3 is 1.26 bits per heavy atom. The van der Waals surface area contributed by atoms with Crippen LogP contribution in [0.25, 0.3) is 0 Å². The van der Waals surface area contributed by atoms with Crippen molar-refractivity contribution >= 4 is 71.2 Å². The number of carbonyl (C=O) groups is 8. The number of fused-ring (bicyclic) bond motifs is 4. The van der Waals surface area contributed by atoms with Crippen molar-refractivity contribution in [3.05, 3.63) is 70.8 Å². The van der Waals surface area contributed by atoms with Gasteiger partial charge in [-0.2, -0.15) is 0 Å². The van der Waals surface area contributed by atoms with Crippen LogP contribution >= 0.6 is 23.5 Å². The minimum atomic E-state index is -0.900. The van der Waals surface area contributed by atoms with Crippen LogP contribution in [0.1, 0.15) is 194 Å². The maximum atomic E-state index is 14.7. The molecule has 0 unspecified atom stereocenters. The Labute approximate surface area is 542 Å². The van der Waals surface area contributed by atoms with E-state index in [1.807, 2.05) is 64.1 Å². The number of ether oxygens (including phenoxy) is 4. The molecule has 0 saturated carbocycles. The summed E-state index contributed by atoms with van der Waals surface area (Å²) in [6.45, 7) is 23.0. The molecule has 20 nitrogen and oxygen atoms in total. The van der Waals surface area contributed by atoms with Crippen molar-refractivity contribution in [1.29, 1.82) is 0 Å². The maximum Gasteiger partial charge on any atom is 0.410 e. The number of rotatable bonds is 23. The van der Waals surface area contributed by atoms with E-state index in [0.717, 1.165) is 73.6 Å². The van der Waals surface area contributed by atoms with E-state index < -0.39 is 94.4 Å². The van der Waals surface area contributed by atoms with Gasteiger partial charge in [-0.1, -0.05) is 115 Å². The standard InChI is InChI=1S/C68H102N8O12S2/c1-41(73(13)63(83)87-65(3,4)5)57(77)69-47-31-35-89-51-39-67(9,10)55(75(51)61(47)81)59(79)71-53-45-29-23-21-27-43(45)37-49(53)85-33-25-19-17-15-16-18-20-26-34-86-50-38-44-28-22-24-30-46(44)54(50)72-60(80)56-68(11,12)40-52-76(56)62(82)48(32-36-90-52)70-58(78)42(2)74(14)64(84)88-66(6,7)8/h21-24,27-30,41-42,47-56H,15-20,25-26,31-40H2,1-14H3,(H,69,77)(H,70,78)(H,71,79)(H,72,80)/t41-,42-,47-,48-,49+,50+,51-,52-,53-,54-,55+,56+/m0/s1. The van der Waals surface area contributed by atoms with Gasteiger partial charge in [-0.15, -0.1) is 23.5 Å². The van der Waals surface area contributed by atoms with Gasteiger partial charge < -0.3 is 50.0 Å². The van der Waals surface area contributed by atoms with Crippen LogP contribution in [0.15, 0.2) is 48.5 Å². The first kappa shape index (κ1) is 70.3. The molecule has 4 heterocycles. The van der Waals surface area contributed by atoms with Crippen molar-refractivity contribution in [2.45, 2.75) is 255 Å². The molecule has 2 aliphatic carbocycles. The van der Waals surface area contributed by atoms with Gasteiger partial charge in [0.05, 0.1) is 35.0 Å². The van der Waals surface area contributed by atoms with Gasteiger partial charge in [0.1, 0.15) is 47.5 Å². The second-order valence-electron chi connectivity index (χ2n) is 29.0. The summed E-state index contributed by atoms with van der Waals surface area (Å²) in [5, 5.41) is 12.1. The summed E-state index contributed by atoms with van der Waals surface area (Å²) in [5.41, 5.74) is 1.71. The molecule has 90 heavy (non-hydrogen) atoms. The molecule has 0 bridgehead atoms. The lowest BCUT2D eigenvalue weighted by atomic mass is 9.83. The number of amides is 8. The van der Waals surface area contributed by atoms with Crippen LogP contribution < -0.4 is 21.3 Å². The normalized spacial score (nSPS) is 26.6. The van der Waals surface area contributed by atoms with E-state index >= 15 is 0 Å². The van der Waals surface area contributed by atoms with E-state index in [0.29, 0.717) is 63.2 Å². The lowest BCUT2D eigenvalue weighted by Crippen LogP contribution is -2.58. The first-order valence-corrected chi connectivity index (χ1v) is 34.9. The van der Waals surface area contributed by atoms with Gasteiger partial charge in [0.15, 0.2) is 0 Å². The average molecular weight is 1290 g/mol. The van der Waals surface area contributed by atoms with Crippen molar-refractivity contribution in [3.8, 4) is 0 Å². The Bertz CT molecular complexity index is 2720. The molecule has 0 radical (unpaired) electrons. The van der Waals surface area contributed by atoms with E-state index in [-0.39, 0.29) is 46.6 Å². The summed E-state index contributed by atoms with van der Waals surface area (Å²) >= 11 is 3.27. The number of hydrogen-bond acceptors (Lipinski definition) is 14. The highest BCUT2D eigenvalue weighted by Crippen LogP contribution is 2.49. The number of nitrogens with zero attached hydrogens (tertiary/aromatic N) is 4. The highest BCUT2D eigenvalue weighted by Gasteiger charge is 2.57. The Morgan fingerprint density at radius 1 is 0.556 bits per heavy atom. The Morgan fingerprint density at radius 2 is 0.900 bits per heavy atom. The van der Waals surface area contributed by atoms with Gasteiger partial charge in [0.25, 0.3) is 0 Å². The van der Waals surface area contributed by atoms with Crippen molar-refractivity contribution in [3.63, 3.8) is 0 Å². The molecule has 2 aromatic carbocycles. The van der Waals surface area contributed by atoms with Crippen LogP contribution in [0, 0.1) is 10.8 Å². The molecule has 8 rings (SSSR count). The summed E-state index contributed by atoms with van der Waals surface area (Å²) in [7, 11) is 3.00. The van der Waals surface area contributed by atoms with Gasteiger partial charge in [-0.25, -0.2) is 9.59 Å². The smallest absolute Gasteiger partial charge is 0.410 e. The number of hydrogen-bond donors (Lipinski definition) is 4. The number of thioether (sulfide) groups is 2. The molecular formula is C68H102N8O12S2. The van der Waals surface area contributed by atoms with Crippen molar-refractivity contribution in [2.24, 2.45) is 10.8 Å². The SMILES string of the molecule is C[C@@H](C(=O)N[C@H]1CCS[C@H]2CC(C)(C)[C@@H](C(=O)N[C@H]3c4ccccc4C[C@H]3OCCCCCCCCCCO[C@@H]3Cc4ccccc4[C@@H]3NC(=O)[C@H]3N4C(=O)[C@@H](NC(=O)[C@H](C)N(C)C(=O)OC(C)(C)C)CCS[C@H]4CC3(C)C)N2C1=O)N(C)C(=O)OC(C)(C)C. The van der Waals surface area contributed by atoms with Gasteiger partial charge >= 0.3 is 12.2 Å². The van der Waals surface area contributed by atoms with Crippen LogP contribution in [0.3, 0.4) is 0 Å². The van der Waals surface area contributed by atoms with Crippen LogP contribution in [0.5, 0.6) is 0 Å². The average Bonchev–Trinajstić information content (AvgIpc) is 1.62. The van der Waals surface area contributed by atoms with Crippen LogP contribution in [0.4, 0.5) is 9.59 Å². The van der Waals surface area contributed by atoms with E-state index in [4.69, 9.17) is 18.9 Å². The van der Waals surface area contributed by atoms with Crippen molar-refractivity contribution < 1.29 is 57.3 Å². The third kappa shape index (κ3) is 17.0. The largest absolute Gasteiger partial charge is 0.444 e. The number of carbonyl (C=O) groups excluding carboxylic acids is 8. The maximum absolute atomic E-state index is 14.7. The molecule has 6 aliphatic rings. The summed E-state index contributed by atoms with van der Waals surface area (Å²) in [6, 6.07) is 10.4. The molecule has 4 saturated heterocycles. The third-order valence-corrected chi connectivity index (χ3v) is 21.2. The zero-order chi connectivity index (χ0) is 65.6. The number of nitrogens with one attached hydrogen (secondary N) is 4. The molecule has 0 spiro atoms. The minimum absolute atomic E-state index is 0.235. The van der Waals surface area contributed by atoms with E-state index in [1.54, 1.807) is 88.7 Å². The molecular weight excluding hydrogens is 1180 g/mol. The van der Waals surface area contributed by atoms with Gasteiger partial charge in [0.2, 0.25) is 35.4 Å². The highest BCUT2D eigenvalue weighted by molar-refractivity contribution is 8.00. The molecule has 4 N–H and O–H groups in total.